The molecule has 0 unspecified atom stereocenters. The summed E-state index contributed by atoms with van der Waals surface area (Å²) in [6.45, 7) is 0. The summed E-state index contributed by atoms with van der Waals surface area (Å²) in [4.78, 5) is 4.22. The monoisotopic (exact) mass is 335 g/mol. The van der Waals surface area contributed by atoms with Crippen molar-refractivity contribution in [2.24, 2.45) is 0 Å². The number of halogens is 1. The first kappa shape index (κ1) is 14.4. The van der Waals surface area contributed by atoms with Gasteiger partial charge in [-0.2, -0.15) is 0 Å². The van der Waals surface area contributed by atoms with Crippen molar-refractivity contribution in [2.45, 2.75) is 4.90 Å². The van der Waals surface area contributed by atoms with E-state index in [4.69, 9.17) is 11.6 Å². The predicted octanol–water partition coefficient (Wildman–Crippen LogP) is 6.44. The Balaban J connectivity index is 2.04. The molecular weight excluding hydrogens is 322 g/mol. The van der Waals surface area contributed by atoms with Gasteiger partial charge < -0.3 is 4.98 Å². The van der Waals surface area contributed by atoms with Gasteiger partial charge in [0.15, 0.2) is 0 Å². The maximum atomic E-state index is 6.53. The zero-order valence-electron chi connectivity index (χ0n) is 12.3. The van der Waals surface area contributed by atoms with E-state index in [1.54, 1.807) is 0 Å². The van der Waals surface area contributed by atoms with Gasteiger partial charge in [-0.15, -0.1) is 12.6 Å². The van der Waals surface area contributed by atoms with Crippen LogP contribution in [0, 0.1) is 0 Å². The zero-order valence-corrected chi connectivity index (χ0v) is 13.9. The molecule has 1 aromatic heterocycles. The minimum atomic E-state index is 0.662. The fourth-order valence-corrected chi connectivity index (χ4v) is 3.60. The minimum Gasteiger partial charge on any atom is -0.345 e. The summed E-state index contributed by atoms with van der Waals surface area (Å²) < 4.78 is 0. The number of fused-ring (bicyclic) bond motifs is 1. The van der Waals surface area contributed by atoms with E-state index in [9.17, 15) is 0 Å². The second-order valence-corrected chi connectivity index (χ2v) is 6.28. The zero-order chi connectivity index (χ0) is 15.8. The number of H-pyrrole nitrogens is 1. The van der Waals surface area contributed by atoms with Crippen LogP contribution in [0.5, 0.6) is 0 Å². The molecule has 0 atom stereocenters. The fourth-order valence-electron chi connectivity index (χ4n) is 3.01. The van der Waals surface area contributed by atoms with E-state index in [2.05, 4.69) is 41.9 Å². The van der Waals surface area contributed by atoms with Crippen LogP contribution >= 0.6 is 24.2 Å². The average Bonchev–Trinajstić information content (AvgIpc) is 2.91. The topological polar surface area (TPSA) is 15.8 Å². The van der Waals surface area contributed by atoms with Gasteiger partial charge in [0.1, 0.15) is 5.15 Å². The first-order valence-electron chi connectivity index (χ1n) is 7.39. The third kappa shape index (κ3) is 2.44. The molecule has 0 amide bonds. The van der Waals surface area contributed by atoms with Gasteiger partial charge >= 0.3 is 0 Å². The second kappa shape index (κ2) is 5.80. The summed E-state index contributed by atoms with van der Waals surface area (Å²) in [5.41, 5.74) is 5.42. The molecular formula is C20H14ClNS. The number of aromatic nitrogens is 1. The summed E-state index contributed by atoms with van der Waals surface area (Å²) in [5, 5.41) is 1.79. The van der Waals surface area contributed by atoms with Crippen LogP contribution < -0.4 is 0 Å². The average molecular weight is 336 g/mol. The van der Waals surface area contributed by atoms with Gasteiger partial charge in [-0.1, -0.05) is 72.3 Å². The van der Waals surface area contributed by atoms with Crippen LogP contribution in [0.1, 0.15) is 0 Å². The first-order chi connectivity index (χ1) is 11.3. The second-order valence-electron chi connectivity index (χ2n) is 5.42. The number of aromatic amines is 1. The summed E-state index contributed by atoms with van der Waals surface area (Å²) in [7, 11) is 0. The van der Waals surface area contributed by atoms with Crippen molar-refractivity contribution >= 4 is 35.1 Å². The Morgan fingerprint density at radius 2 is 1.30 bits per heavy atom. The molecule has 0 aliphatic heterocycles. The van der Waals surface area contributed by atoms with E-state index in [0.717, 1.165) is 38.1 Å². The largest absolute Gasteiger partial charge is 0.345 e. The van der Waals surface area contributed by atoms with Crippen LogP contribution in [0.4, 0.5) is 0 Å². The first-order valence-corrected chi connectivity index (χ1v) is 8.22. The molecule has 0 radical (unpaired) electrons. The quantitative estimate of drug-likeness (QED) is 0.392. The van der Waals surface area contributed by atoms with Crippen LogP contribution in [0.3, 0.4) is 0 Å². The molecule has 3 heteroatoms. The number of hydrogen-bond donors (Lipinski definition) is 2. The molecule has 4 aromatic rings. The van der Waals surface area contributed by atoms with Crippen LogP contribution in [0.2, 0.25) is 5.15 Å². The number of benzene rings is 3. The van der Waals surface area contributed by atoms with Crippen molar-refractivity contribution in [3.05, 3.63) is 77.9 Å². The Bertz CT molecular complexity index is 1000. The van der Waals surface area contributed by atoms with Crippen LogP contribution in [-0.2, 0) is 0 Å². The van der Waals surface area contributed by atoms with Gasteiger partial charge in [-0.25, -0.2) is 0 Å². The molecule has 0 aliphatic rings. The lowest BCUT2D eigenvalue weighted by Gasteiger charge is -2.12. The molecule has 112 valence electrons. The molecule has 23 heavy (non-hydrogen) atoms. The maximum Gasteiger partial charge on any atom is 0.115 e. The highest BCUT2D eigenvalue weighted by Crippen LogP contribution is 2.41. The SMILES string of the molecule is Sc1ccccc1-c1ccccc1-c1c(Cl)[nH]c2ccccc12. The van der Waals surface area contributed by atoms with Crippen molar-refractivity contribution in [2.75, 3.05) is 0 Å². The molecule has 3 aromatic carbocycles. The van der Waals surface area contributed by atoms with E-state index in [1.165, 1.54) is 0 Å². The molecule has 1 heterocycles. The smallest absolute Gasteiger partial charge is 0.115 e. The normalized spacial score (nSPS) is 11.0. The van der Waals surface area contributed by atoms with Crippen molar-refractivity contribution in [1.29, 1.82) is 0 Å². The fraction of sp³-hybridized carbons (Fsp3) is 0. The van der Waals surface area contributed by atoms with Crippen molar-refractivity contribution < 1.29 is 0 Å². The number of rotatable bonds is 2. The predicted molar refractivity (Wildman–Crippen MR) is 101 cm³/mol. The van der Waals surface area contributed by atoms with Crippen LogP contribution in [0.15, 0.2) is 77.7 Å². The van der Waals surface area contributed by atoms with Crippen molar-refractivity contribution in [3.8, 4) is 22.3 Å². The van der Waals surface area contributed by atoms with E-state index < -0.39 is 0 Å². The Morgan fingerprint density at radius 3 is 2.09 bits per heavy atom. The summed E-state index contributed by atoms with van der Waals surface area (Å²) >= 11 is 11.1. The Labute approximate surface area is 145 Å². The number of hydrogen-bond acceptors (Lipinski definition) is 1. The van der Waals surface area contributed by atoms with E-state index in [0.29, 0.717) is 5.15 Å². The third-order valence-corrected chi connectivity index (χ3v) is 4.72. The van der Waals surface area contributed by atoms with E-state index in [1.807, 2.05) is 48.5 Å². The molecule has 0 fully saturated rings. The molecule has 4 rings (SSSR count). The van der Waals surface area contributed by atoms with Crippen molar-refractivity contribution in [3.63, 3.8) is 0 Å². The van der Waals surface area contributed by atoms with Gasteiger partial charge in [0.2, 0.25) is 0 Å². The van der Waals surface area contributed by atoms with Gasteiger partial charge in [-0.05, 0) is 28.8 Å². The van der Waals surface area contributed by atoms with Gasteiger partial charge in [-0.3, -0.25) is 0 Å². The summed E-state index contributed by atoms with van der Waals surface area (Å²) in [6, 6.07) is 24.6. The lowest BCUT2D eigenvalue weighted by Crippen LogP contribution is -1.86. The maximum absolute atomic E-state index is 6.53. The lowest BCUT2D eigenvalue weighted by atomic mass is 9.94. The highest BCUT2D eigenvalue weighted by molar-refractivity contribution is 7.80. The molecule has 0 bridgehead atoms. The molecule has 0 saturated carbocycles. The van der Waals surface area contributed by atoms with Crippen molar-refractivity contribution in [1.82, 2.24) is 4.98 Å². The molecule has 0 spiro atoms. The van der Waals surface area contributed by atoms with Crippen LogP contribution in [0.25, 0.3) is 33.2 Å². The standard InChI is InChI=1S/C20H14ClNS/c21-20-19(16-10-3-5-11-17(16)22-20)15-9-2-1-7-13(15)14-8-4-6-12-18(14)23/h1-12,22-23H. The van der Waals surface area contributed by atoms with Gasteiger partial charge in [0, 0.05) is 21.4 Å². The van der Waals surface area contributed by atoms with Gasteiger partial charge in [0.05, 0.1) is 0 Å². The van der Waals surface area contributed by atoms with Crippen LogP contribution in [-0.4, -0.2) is 4.98 Å². The minimum absolute atomic E-state index is 0.662. The van der Waals surface area contributed by atoms with E-state index >= 15 is 0 Å². The highest BCUT2D eigenvalue weighted by Gasteiger charge is 2.16. The third-order valence-electron chi connectivity index (χ3n) is 4.05. The number of para-hydroxylation sites is 1. The number of nitrogens with one attached hydrogen (secondary N) is 1. The van der Waals surface area contributed by atoms with E-state index in [-0.39, 0.29) is 0 Å². The Hall–Kier alpha value is -2.16. The number of thiol groups is 1. The molecule has 0 aliphatic carbocycles. The Morgan fingerprint density at radius 1 is 0.696 bits per heavy atom. The summed E-state index contributed by atoms with van der Waals surface area (Å²) in [5.74, 6) is 0. The highest BCUT2D eigenvalue weighted by atomic mass is 35.5. The van der Waals surface area contributed by atoms with Gasteiger partial charge in [0.25, 0.3) is 0 Å². The molecule has 0 saturated heterocycles. The lowest BCUT2D eigenvalue weighted by molar-refractivity contribution is 1.45. The molecule has 1 nitrogen and oxygen atoms in total. The summed E-state index contributed by atoms with van der Waals surface area (Å²) in [6.07, 6.45) is 0. The molecule has 1 N–H and O–H groups in total. The Kier molecular flexibility index (Phi) is 3.64.